The van der Waals surface area contributed by atoms with Crippen molar-refractivity contribution in [2.24, 2.45) is 0 Å². The monoisotopic (exact) mass is 510 g/mol. The predicted octanol–water partition coefficient (Wildman–Crippen LogP) is 4.74. The molecular weight excluding hydrogens is 494 g/mol. The summed E-state index contributed by atoms with van der Waals surface area (Å²) in [7, 11) is -4.28. The second-order valence-electron chi connectivity index (χ2n) is 6.97. The number of sulfonamides is 1. The lowest BCUT2D eigenvalue weighted by Crippen LogP contribution is -2.38. The van der Waals surface area contributed by atoms with Crippen LogP contribution in [-0.4, -0.2) is 34.1 Å². The number of carbonyl (C=O) groups excluding carboxylic acids is 1. The molecule has 0 saturated heterocycles. The molecule has 3 aromatic carbocycles. The minimum atomic E-state index is -4.28. The van der Waals surface area contributed by atoms with Crippen molar-refractivity contribution in [2.45, 2.75) is 4.90 Å². The number of amides is 1. The standard InChI is InChI=1S/C22H17Cl2FN2O5S/c23-18-6-4-15(11-19(18)24)26-22(28)13-27(16-3-1-2-14(25)10-16)33(29,30)17-5-7-20-21(12-17)32-9-8-31-20/h1-7,10-12H,8-9,13H2,(H,26,28). The Hall–Kier alpha value is -3.01. The highest BCUT2D eigenvalue weighted by Crippen LogP contribution is 2.34. The van der Waals surface area contributed by atoms with Crippen molar-refractivity contribution >= 4 is 50.5 Å². The smallest absolute Gasteiger partial charge is 0.264 e. The maximum atomic E-state index is 13.9. The molecule has 4 rings (SSSR count). The molecule has 0 atom stereocenters. The minimum absolute atomic E-state index is 0.0193. The van der Waals surface area contributed by atoms with Gasteiger partial charge in [0.1, 0.15) is 25.6 Å². The van der Waals surface area contributed by atoms with Gasteiger partial charge >= 0.3 is 0 Å². The van der Waals surface area contributed by atoms with E-state index in [1.165, 1.54) is 54.6 Å². The van der Waals surface area contributed by atoms with E-state index in [-0.39, 0.29) is 28.0 Å². The molecule has 1 amide bonds. The number of halogens is 3. The highest BCUT2D eigenvalue weighted by molar-refractivity contribution is 7.92. The van der Waals surface area contributed by atoms with E-state index in [0.717, 1.165) is 10.4 Å². The van der Waals surface area contributed by atoms with Gasteiger partial charge in [-0.25, -0.2) is 12.8 Å². The lowest BCUT2D eigenvalue weighted by atomic mass is 10.3. The van der Waals surface area contributed by atoms with Gasteiger partial charge in [0.25, 0.3) is 10.0 Å². The number of nitrogens with one attached hydrogen (secondary N) is 1. The van der Waals surface area contributed by atoms with Crippen molar-refractivity contribution in [3.8, 4) is 11.5 Å². The average Bonchev–Trinajstić information content (AvgIpc) is 2.79. The molecule has 0 radical (unpaired) electrons. The molecule has 1 heterocycles. The van der Waals surface area contributed by atoms with Crippen molar-refractivity contribution < 1.29 is 27.1 Å². The first-order chi connectivity index (χ1) is 15.7. The third-order valence-electron chi connectivity index (χ3n) is 4.69. The number of anilines is 2. The summed E-state index contributed by atoms with van der Waals surface area (Å²) >= 11 is 11.9. The highest BCUT2D eigenvalue weighted by atomic mass is 35.5. The van der Waals surface area contributed by atoms with Crippen LogP contribution in [-0.2, 0) is 14.8 Å². The van der Waals surface area contributed by atoms with Crippen molar-refractivity contribution in [1.82, 2.24) is 0 Å². The number of ether oxygens (including phenoxy) is 2. The molecule has 0 spiro atoms. The topological polar surface area (TPSA) is 84.9 Å². The Bertz CT molecular complexity index is 1320. The average molecular weight is 511 g/mol. The van der Waals surface area contributed by atoms with Crippen LogP contribution in [0.25, 0.3) is 0 Å². The fraction of sp³-hybridized carbons (Fsp3) is 0.136. The first-order valence-corrected chi connectivity index (χ1v) is 11.9. The lowest BCUT2D eigenvalue weighted by molar-refractivity contribution is -0.114. The summed E-state index contributed by atoms with van der Waals surface area (Å²) in [6, 6.07) is 13.5. The van der Waals surface area contributed by atoms with E-state index in [1.807, 2.05) is 0 Å². The van der Waals surface area contributed by atoms with Gasteiger partial charge in [0.15, 0.2) is 11.5 Å². The second-order valence-corrected chi connectivity index (χ2v) is 9.65. The number of carbonyl (C=O) groups is 1. The van der Waals surface area contributed by atoms with E-state index in [1.54, 1.807) is 0 Å². The van der Waals surface area contributed by atoms with Crippen LogP contribution in [0.4, 0.5) is 15.8 Å². The Kier molecular flexibility index (Phi) is 6.64. The summed E-state index contributed by atoms with van der Waals surface area (Å²) in [5.74, 6) is -0.643. The third kappa shape index (κ3) is 5.16. The first-order valence-electron chi connectivity index (χ1n) is 9.67. The van der Waals surface area contributed by atoms with Gasteiger partial charge in [0.05, 0.1) is 20.6 Å². The summed E-state index contributed by atoms with van der Waals surface area (Å²) in [4.78, 5) is 12.6. The molecule has 0 bridgehead atoms. The predicted molar refractivity (Wildman–Crippen MR) is 123 cm³/mol. The molecule has 0 unspecified atom stereocenters. The number of fused-ring (bicyclic) bond motifs is 1. The third-order valence-corrected chi connectivity index (χ3v) is 7.20. The molecule has 0 saturated carbocycles. The van der Waals surface area contributed by atoms with Gasteiger partial charge in [-0.3, -0.25) is 9.10 Å². The molecular formula is C22H17Cl2FN2O5S. The number of hydrogen-bond acceptors (Lipinski definition) is 5. The summed E-state index contributed by atoms with van der Waals surface area (Å²) in [6.07, 6.45) is 0. The van der Waals surface area contributed by atoms with Crippen LogP contribution in [0.2, 0.25) is 10.0 Å². The zero-order valence-electron chi connectivity index (χ0n) is 16.9. The Morgan fingerprint density at radius 1 is 0.970 bits per heavy atom. The Labute approximate surface area is 199 Å². The van der Waals surface area contributed by atoms with E-state index in [0.29, 0.717) is 23.1 Å². The van der Waals surface area contributed by atoms with Crippen LogP contribution < -0.4 is 19.1 Å². The normalized spacial score (nSPS) is 12.8. The zero-order valence-corrected chi connectivity index (χ0v) is 19.3. The lowest BCUT2D eigenvalue weighted by Gasteiger charge is -2.25. The van der Waals surface area contributed by atoms with E-state index in [4.69, 9.17) is 32.7 Å². The molecule has 33 heavy (non-hydrogen) atoms. The highest BCUT2D eigenvalue weighted by Gasteiger charge is 2.29. The summed E-state index contributed by atoms with van der Waals surface area (Å²) in [5, 5.41) is 3.10. The van der Waals surface area contributed by atoms with Crippen molar-refractivity contribution in [1.29, 1.82) is 0 Å². The quantitative estimate of drug-likeness (QED) is 0.517. The van der Waals surface area contributed by atoms with E-state index >= 15 is 0 Å². The summed E-state index contributed by atoms with van der Waals surface area (Å²) < 4.78 is 52.7. The maximum absolute atomic E-state index is 13.9. The summed E-state index contributed by atoms with van der Waals surface area (Å²) in [6.45, 7) is 0.0000428. The fourth-order valence-corrected chi connectivity index (χ4v) is 4.89. The molecule has 1 N–H and O–H groups in total. The van der Waals surface area contributed by atoms with Gasteiger partial charge in [0, 0.05) is 11.8 Å². The second kappa shape index (κ2) is 9.46. The Morgan fingerprint density at radius 3 is 2.45 bits per heavy atom. The maximum Gasteiger partial charge on any atom is 0.264 e. The fourth-order valence-electron chi connectivity index (χ4n) is 3.16. The Balaban J connectivity index is 1.67. The van der Waals surface area contributed by atoms with Crippen molar-refractivity contribution in [2.75, 3.05) is 29.4 Å². The van der Waals surface area contributed by atoms with Gasteiger partial charge in [0.2, 0.25) is 5.91 Å². The van der Waals surface area contributed by atoms with Gasteiger partial charge in [-0.1, -0.05) is 29.3 Å². The molecule has 1 aliphatic rings. The molecule has 3 aromatic rings. The molecule has 1 aliphatic heterocycles. The van der Waals surface area contributed by atoms with Crippen molar-refractivity contribution in [3.63, 3.8) is 0 Å². The van der Waals surface area contributed by atoms with E-state index in [2.05, 4.69) is 5.32 Å². The van der Waals surface area contributed by atoms with Crippen LogP contribution in [0.3, 0.4) is 0 Å². The first kappa shape index (κ1) is 23.2. The van der Waals surface area contributed by atoms with E-state index in [9.17, 15) is 17.6 Å². The molecule has 11 heteroatoms. The van der Waals surface area contributed by atoms with Crippen LogP contribution in [0, 0.1) is 5.82 Å². The van der Waals surface area contributed by atoms with Gasteiger partial charge in [-0.05, 0) is 48.5 Å². The largest absolute Gasteiger partial charge is 0.486 e. The number of rotatable bonds is 6. The van der Waals surface area contributed by atoms with Crippen LogP contribution >= 0.6 is 23.2 Å². The van der Waals surface area contributed by atoms with E-state index < -0.39 is 28.3 Å². The number of nitrogens with zero attached hydrogens (tertiary/aromatic N) is 1. The number of hydrogen-bond donors (Lipinski definition) is 1. The van der Waals surface area contributed by atoms with Crippen LogP contribution in [0.5, 0.6) is 11.5 Å². The SMILES string of the molecule is O=C(CN(c1cccc(F)c1)S(=O)(=O)c1ccc2c(c1)OCCO2)Nc1ccc(Cl)c(Cl)c1. The van der Waals surface area contributed by atoms with Gasteiger partial charge in [-0.2, -0.15) is 0 Å². The van der Waals surface area contributed by atoms with Crippen LogP contribution in [0.1, 0.15) is 0 Å². The zero-order chi connectivity index (χ0) is 23.6. The molecule has 172 valence electrons. The minimum Gasteiger partial charge on any atom is -0.486 e. The van der Waals surface area contributed by atoms with Crippen LogP contribution in [0.15, 0.2) is 65.6 Å². The number of benzene rings is 3. The van der Waals surface area contributed by atoms with Gasteiger partial charge < -0.3 is 14.8 Å². The molecule has 0 aromatic heterocycles. The summed E-state index contributed by atoms with van der Waals surface area (Å²) in [5.41, 5.74) is 0.305. The van der Waals surface area contributed by atoms with Crippen molar-refractivity contribution in [3.05, 3.63) is 76.5 Å². The molecule has 0 aliphatic carbocycles. The molecule has 0 fully saturated rings. The Morgan fingerprint density at radius 2 is 1.73 bits per heavy atom. The van der Waals surface area contributed by atoms with Gasteiger partial charge in [-0.15, -0.1) is 0 Å². The molecule has 7 nitrogen and oxygen atoms in total.